The molecule has 1 saturated heterocycles. The quantitative estimate of drug-likeness (QED) is 0.797. The van der Waals surface area contributed by atoms with Gasteiger partial charge in [-0.15, -0.1) is 0 Å². The van der Waals surface area contributed by atoms with Crippen LogP contribution >= 0.6 is 0 Å². The van der Waals surface area contributed by atoms with Crippen LogP contribution < -0.4 is 0 Å². The van der Waals surface area contributed by atoms with E-state index in [1.807, 2.05) is 0 Å². The third kappa shape index (κ3) is 4.71. The van der Waals surface area contributed by atoms with E-state index in [0.29, 0.717) is 6.10 Å². The predicted octanol–water partition coefficient (Wildman–Crippen LogP) is 4.94. The van der Waals surface area contributed by atoms with Crippen LogP contribution in [0, 0.1) is 23.7 Å². The van der Waals surface area contributed by atoms with Gasteiger partial charge in [-0.2, -0.15) is 0 Å². The third-order valence-corrected chi connectivity index (χ3v) is 6.88. The van der Waals surface area contributed by atoms with Crippen molar-refractivity contribution in [1.29, 1.82) is 0 Å². The van der Waals surface area contributed by atoms with Gasteiger partial charge in [0, 0.05) is 6.61 Å². The molecule has 22 heavy (non-hydrogen) atoms. The molecule has 0 amide bonds. The molecule has 2 aliphatic carbocycles. The highest BCUT2D eigenvalue weighted by molar-refractivity contribution is 4.82. The minimum atomic E-state index is 0.00743. The molecule has 2 heteroatoms. The van der Waals surface area contributed by atoms with Crippen molar-refractivity contribution in [3.05, 3.63) is 0 Å². The summed E-state index contributed by atoms with van der Waals surface area (Å²) in [5.41, 5.74) is 0. The number of rotatable bonds is 4. The fraction of sp³-hybridized carbons (Fsp3) is 1.00. The Bertz CT molecular complexity index is 306. The van der Waals surface area contributed by atoms with E-state index in [0.717, 1.165) is 43.1 Å². The number of hydrogen-bond acceptors (Lipinski definition) is 2. The number of aliphatic hydroxyl groups excluding tert-OH is 1. The largest absolute Gasteiger partial charge is 0.393 e. The SMILES string of the molecule is CC1CCC(CCC2CCC(C3CCC(O)CC3)CC2)CO1. The van der Waals surface area contributed by atoms with Crippen LogP contribution in [0.4, 0.5) is 0 Å². The first-order valence-electron chi connectivity index (χ1n) is 10.0. The predicted molar refractivity (Wildman–Crippen MR) is 90.8 cm³/mol. The molecule has 2 unspecified atom stereocenters. The highest BCUT2D eigenvalue weighted by Crippen LogP contribution is 2.41. The lowest BCUT2D eigenvalue weighted by Gasteiger charge is -2.37. The molecule has 0 aromatic carbocycles. The normalized spacial score (nSPS) is 43.9. The Balaban J connectivity index is 1.32. The lowest BCUT2D eigenvalue weighted by Crippen LogP contribution is -2.28. The van der Waals surface area contributed by atoms with Crippen molar-refractivity contribution in [2.45, 2.75) is 96.2 Å². The Kier molecular flexibility index (Phi) is 6.21. The smallest absolute Gasteiger partial charge is 0.0547 e. The number of ether oxygens (including phenoxy) is 1. The van der Waals surface area contributed by atoms with E-state index in [9.17, 15) is 5.11 Å². The summed E-state index contributed by atoms with van der Waals surface area (Å²) >= 11 is 0. The molecular formula is C20H36O2. The molecule has 3 fully saturated rings. The average Bonchev–Trinajstić information content (AvgIpc) is 2.56. The summed E-state index contributed by atoms with van der Waals surface area (Å²) in [7, 11) is 0. The van der Waals surface area contributed by atoms with Gasteiger partial charge >= 0.3 is 0 Å². The van der Waals surface area contributed by atoms with Crippen LogP contribution in [-0.4, -0.2) is 23.9 Å². The lowest BCUT2D eigenvalue weighted by atomic mass is 9.69. The second-order valence-corrected chi connectivity index (χ2v) is 8.51. The van der Waals surface area contributed by atoms with Gasteiger partial charge in [0.1, 0.15) is 0 Å². The first-order chi connectivity index (χ1) is 10.7. The third-order valence-electron chi connectivity index (χ3n) is 6.88. The summed E-state index contributed by atoms with van der Waals surface area (Å²) in [4.78, 5) is 0. The molecule has 2 saturated carbocycles. The molecule has 0 aromatic heterocycles. The zero-order valence-corrected chi connectivity index (χ0v) is 14.5. The van der Waals surface area contributed by atoms with Crippen molar-refractivity contribution in [2.75, 3.05) is 6.61 Å². The minimum absolute atomic E-state index is 0.00743. The Morgan fingerprint density at radius 1 is 0.727 bits per heavy atom. The topological polar surface area (TPSA) is 29.5 Å². The van der Waals surface area contributed by atoms with E-state index in [1.54, 1.807) is 0 Å². The monoisotopic (exact) mass is 308 g/mol. The fourth-order valence-corrected chi connectivity index (χ4v) is 5.16. The van der Waals surface area contributed by atoms with Crippen molar-refractivity contribution in [3.63, 3.8) is 0 Å². The van der Waals surface area contributed by atoms with E-state index in [2.05, 4.69) is 6.92 Å². The van der Waals surface area contributed by atoms with Gasteiger partial charge in [0.2, 0.25) is 0 Å². The van der Waals surface area contributed by atoms with Gasteiger partial charge in [-0.1, -0.05) is 19.3 Å². The molecule has 0 bridgehead atoms. The van der Waals surface area contributed by atoms with Crippen LogP contribution in [0.25, 0.3) is 0 Å². The van der Waals surface area contributed by atoms with Crippen molar-refractivity contribution in [3.8, 4) is 0 Å². The highest BCUT2D eigenvalue weighted by Gasteiger charge is 2.30. The maximum Gasteiger partial charge on any atom is 0.0547 e. The molecule has 2 atom stereocenters. The Labute approximate surface area is 137 Å². The van der Waals surface area contributed by atoms with E-state index in [-0.39, 0.29) is 6.10 Å². The minimum Gasteiger partial charge on any atom is -0.393 e. The van der Waals surface area contributed by atoms with Gasteiger partial charge in [0.15, 0.2) is 0 Å². The molecule has 3 aliphatic rings. The highest BCUT2D eigenvalue weighted by atomic mass is 16.5. The van der Waals surface area contributed by atoms with Crippen LogP contribution in [-0.2, 0) is 4.74 Å². The molecule has 0 radical (unpaired) electrons. The fourth-order valence-electron chi connectivity index (χ4n) is 5.16. The molecule has 0 spiro atoms. The van der Waals surface area contributed by atoms with Gasteiger partial charge in [0.05, 0.1) is 12.2 Å². The Morgan fingerprint density at radius 2 is 1.27 bits per heavy atom. The van der Waals surface area contributed by atoms with Crippen molar-refractivity contribution in [1.82, 2.24) is 0 Å². The number of aliphatic hydroxyl groups is 1. The zero-order valence-electron chi connectivity index (χ0n) is 14.5. The van der Waals surface area contributed by atoms with Gasteiger partial charge in [-0.25, -0.2) is 0 Å². The average molecular weight is 309 g/mol. The van der Waals surface area contributed by atoms with Crippen LogP contribution in [0.2, 0.25) is 0 Å². The van der Waals surface area contributed by atoms with E-state index >= 15 is 0 Å². The summed E-state index contributed by atoms with van der Waals surface area (Å²) in [6.07, 6.45) is 16.6. The van der Waals surface area contributed by atoms with Crippen molar-refractivity contribution < 1.29 is 9.84 Å². The van der Waals surface area contributed by atoms with Crippen LogP contribution in [0.15, 0.2) is 0 Å². The summed E-state index contributed by atoms with van der Waals surface area (Å²) in [6, 6.07) is 0. The van der Waals surface area contributed by atoms with Gasteiger partial charge in [-0.3, -0.25) is 0 Å². The molecule has 1 heterocycles. The zero-order chi connectivity index (χ0) is 15.4. The van der Waals surface area contributed by atoms with E-state index < -0.39 is 0 Å². The lowest BCUT2D eigenvalue weighted by molar-refractivity contribution is -0.00940. The van der Waals surface area contributed by atoms with E-state index in [4.69, 9.17) is 4.74 Å². The van der Waals surface area contributed by atoms with Crippen molar-refractivity contribution >= 4 is 0 Å². The van der Waals surface area contributed by atoms with Gasteiger partial charge in [0.25, 0.3) is 0 Å². The number of hydrogen-bond donors (Lipinski definition) is 1. The molecule has 2 nitrogen and oxygen atoms in total. The molecular weight excluding hydrogens is 272 g/mol. The molecule has 3 rings (SSSR count). The van der Waals surface area contributed by atoms with Crippen LogP contribution in [0.3, 0.4) is 0 Å². The van der Waals surface area contributed by atoms with Gasteiger partial charge < -0.3 is 9.84 Å². The summed E-state index contributed by atoms with van der Waals surface area (Å²) in [5, 5.41) is 9.67. The Hall–Kier alpha value is -0.0800. The second kappa shape index (κ2) is 8.15. The first-order valence-corrected chi connectivity index (χ1v) is 10.0. The maximum absolute atomic E-state index is 9.67. The Morgan fingerprint density at radius 3 is 1.86 bits per heavy atom. The molecule has 1 aliphatic heterocycles. The standard InChI is InChI=1S/C20H36O2/c1-15-2-3-17(14-22-15)5-4-16-6-8-18(9-7-16)19-10-12-20(21)13-11-19/h15-21H,2-14H2,1H3. The summed E-state index contributed by atoms with van der Waals surface area (Å²) < 4.78 is 5.81. The maximum atomic E-state index is 9.67. The summed E-state index contributed by atoms with van der Waals surface area (Å²) in [5.74, 6) is 3.73. The van der Waals surface area contributed by atoms with Crippen molar-refractivity contribution in [2.24, 2.45) is 23.7 Å². The van der Waals surface area contributed by atoms with Crippen LogP contribution in [0.5, 0.6) is 0 Å². The molecule has 128 valence electrons. The van der Waals surface area contributed by atoms with Gasteiger partial charge in [-0.05, 0) is 88.4 Å². The molecule has 0 aromatic rings. The van der Waals surface area contributed by atoms with Crippen LogP contribution in [0.1, 0.15) is 84.0 Å². The molecule has 1 N–H and O–H groups in total. The van der Waals surface area contributed by atoms with E-state index in [1.165, 1.54) is 64.2 Å². The first kappa shape index (κ1) is 16.8. The summed E-state index contributed by atoms with van der Waals surface area (Å²) in [6.45, 7) is 3.22. The second-order valence-electron chi connectivity index (χ2n) is 8.51.